The van der Waals surface area contributed by atoms with E-state index in [-0.39, 0.29) is 17.2 Å². The lowest BCUT2D eigenvalue weighted by Crippen LogP contribution is -2.15. The summed E-state index contributed by atoms with van der Waals surface area (Å²) in [4.78, 5) is 13.0. The summed E-state index contributed by atoms with van der Waals surface area (Å²) in [7, 11) is 0. The van der Waals surface area contributed by atoms with Crippen molar-refractivity contribution in [3.8, 4) is 11.8 Å². The summed E-state index contributed by atoms with van der Waals surface area (Å²) >= 11 is 16.7. The SMILES string of the molecule is CC(C)c1cc(C(C#N)c2ccc(Cl)cc2)c(Cl)cc1NC(=O)c1cc(I)cc(I)c1O. The molecule has 3 aromatic carbocycles. The Kier molecular flexibility index (Phi) is 8.31. The number of halogens is 4. The predicted molar refractivity (Wildman–Crippen MR) is 146 cm³/mol. The van der Waals surface area contributed by atoms with E-state index in [2.05, 4.69) is 34.0 Å². The van der Waals surface area contributed by atoms with Gasteiger partial charge < -0.3 is 10.4 Å². The van der Waals surface area contributed by atoms with Crippen molar-refractivity contribution in [2.45, 2.75) is 25.7 Å². The second kappa shape index (κ2) is 10.6. The maximum Gasteiger partial charge on any atom is 0.259 e. The van der Waals surface area contributed by atoms with Crippen molar-refractivity contribution in [2.24, 2.45) is 0 Å². The molecule has 32 heavy (non-hydrogen) atoms. The topological polar surface area (TPSA) is 73.1 Å². The van der Waals surface area contributed by atoms with E-state index in [0.717, 1.165) is 14.7 Å². The van der Waals surface area contributed by atoms with Gasteiger partial charge in [0.15, 0.2) is 0 Å². The Hall–Kier alpha value is -1.54. The smallest absolute Gasteiger partial charge is 0.259 e. The zero-order chi connectivity index (χ0) is 23.6. The van der Waals surface area contributed by atoms with E-state index in [9.17, 15) is 15.2 Å². The molecule has 4 nitrogen and oxygen atoms in total. The summed E-state index contributed by atoms with van der Waals surface area (Å²) < 4.78 is 1.43. The fourth-order valence-electron chi connectivity index (χ4n) is 3.32. The predicted octanol–water partition coefficient (Wildman–Crippen LogP) is 7.94. The van der Waals surface area contributed by atoms with E-state index >= 15 is 0 Å². The van der Waals surface area contributed by atoms with Gasteiger partial charge in [-0.15, -0.1) is 0 Å². The molecular formula is C24H18Cl2I2N2O2. The third-order valence-corrected chi connectivity index (χ3v) is 6.98. The summed E-state index contributed by atoms with van der Waals surface area (Å²) in [5.74, 6) is -1.03. The quantitative estimate of drug-likeness (QED) is 0.267. The summed E-state index contributed by atoms with van der Waals surface area (Å²) in [6.45, 7) is 4.00. The highest BCUT2D eigenvalue weighted by molar-refractivity contribution is 14.1. The third-order valence-electron chi connectivity index (χ3n) is 4.96. The highest BCUT2D eigenvalue weighted by Gasteiger charge is 2.22. The minimum absolute atomic E-state index is 0.0514. The number of nitrogens with one attached hydrogen (secondary N) is 1. The Bertz CT molecular complexity index is 1220. The van der Waals surface area contributed by atoms with Gasteiger partial charge >= 0.3 is 0 Å². The first kappa shape index (κ1) is 25.1. The van der Waals surface area contributed by atoms with E-state index in [1.54, 1.807) is 42.5 Å². The van der Waals surface area contributed by atoms with Gasteiger partial charge in [0.05, 0.1) is 21.1 Å². The molecule has 0 spiro atoms. The van der Waals surface area contributed by atoms with Gasteiger partial charge in [-0.25, -0.2) is 0 Å². The second-order valence-electron chi connectivity index (χ2n) is 7.47. The molecule has 0 aliphatic heterocycles. The van der Waals surface area contributed by atoms with Crippen molar-refractivity contribution in [2.75, 3.05) is 5.32 Å². The molecule has 0 aromatic heterocycles. The van der Waals surface area contributed by atoms with Crippen LogP contribution in [0.25, 0.3) is 0 Å². The Morgan fingerprint density at radius 1 is 1.06 bits per heavy atom. The molecule has 0 radical (unpaired) electrons. The first-order valence-electron chi connectivity index (χ1n) is 9.60. The van der Waals surface area contributed by atoms with Crippen LogP contribution < -0.4 is 5.32 Å². The monoisotopic (exact) mass is 690 g/mol. The van der Waals surface area contributed by atoms with E-state index in [1.165, 1.54) is 0 Å². The molecule has 0 heterocycles. The van der Waals surface area contributed by atoms with Gasteiger partial charge in [0.25, 0.3) is 5.91 Å². The lowest BCUT2D eigenvalue weighted by atomic mass is 9.88. The molecule has 0 aliphatic carbocycles. The van der Waals surface area contributed by atoms with Gasteiger partial charge in [-0.3, -0.25) is 4.79 Å². The van der Waals surface area contributed by atoms with Crippen LogP contribution in [0.2, 0.25) is 10.0 Å². The molecule has 164 valence electrons. The van der Waals surface area contributed by atoms with Gasteiger partial charge in [0, 0.05) is 19.3 Å². The number of nitriles is 1. The maximum absolute atomic E-state index is 13.0. The normalized spacial score (nSPS) is 11.8. The number of amides is 1. The van der Waals surface area contributed by atoms with Crippen LogP contribution in [0.1, 0.15) is 52.7 Å². The van der Waals surface area contributed by atoms with Crippen LogP contribution in [0.5, 0.6) is 5.75 Å². The molecule has 0 bridgehead atoms. The van der Waals surface area contributed by atoms with Crippen molar-refractivity contribution in [1.82, 2.24) is 0 Å². The minimum Gasteiger partial charge on any atom is -0.506 e. The summed E-state index contributed by atoms with van der Waals surface area (Å²) in [6, 6.07) is 16.4. The Morgan fingerprint density at radius 2 is 1.72 bits per heavy atom. The van der Waals surface area contributed by atoms with E-state index in [1.807, 2.05) is 42.5 Å². The fraction of sp³-hybridized carbons (Fsp3) is 0.167. The molecule has 1 amide bonds. The molecule has 0 fully saturated rings. The second-order valence-corrected chi connectivity index (χ2v) is 10.7. The first-order valence-corrected chi connectivity index (χ1v) is 12.5. The van der Waals surface area contributed by atoms with Crippen LogP contribution in [0, 0.1) is 18.5 Å². The van der Waals surface area contributed by atoms with Crippen molar-refractivity contribution in [3.63, 3.8) is 0 Å². The lowest BCUT2D eigenvalue weighted by molar-refractivity contribution is 0.102. The summed E-state index contributed by atoms with van der Waals surface area (Å²) in [6.07, 6.45) is 0. The molecule has 0 saturated heterocycles. The van der Waals surface area contributed by atoms with E-state index in [0.29, 0.717) is 24.9 Å². The highest BCUT2D eigenvalue weighted by atomic mass is 127. The number of nitrogens with zero attached hydrogens (tertiary/aromatic N) is 1. The van der Waals surface area contributed by atoms with Crippen LogP contribution in [-0.2, 0) is 0 Å². The molecule has 2 N–H and O–H groups in total. The van der Waals surface area contributed by atoms with Gasteiger partial charge in [-0.2, -0.15) is 5.26 Å². The zero-order valence-electron chi connectivity index (χ0n) is 17.1. The van der Waals surface area contributed by atoms with Crippen LogP contribution in [0.15, 0.2) is 48.5 Å². The Labute approximate surface area is 224 Å². The maximum atomic E-state index is 13.0. The van der Waals surface area contributed by atoms with Crippen LogP contribution >= 0.6 is 68.4 Å². The summed E-state index contributed by atoms with van der Waals surface area (Å²) in [5.41, 5.74) is 3.01. The van der Waals surface area contributed by atoms with Crippen LogP contribution in [-0.4, -0.2) is 11.0 Å². The van der Waals surface area contributed by atoms with Gasteiger partial charge in [0.2, 0.25) is 0 Å². The third kappa shape index (κ3) is 5.50. The Balaban J connectivity index is 2.04. The van der Waals surface area contributed by atoms with Crippen molar-refractivity contribution in [1.29, 1.82) is 5.26 Å². The molecule has 1 atom stereocenters. The number of aromatic hydroxyl groups is 1. The van der Waals surface area contributed by atoms with E-state index in [4.69, 9.17) is 23.2 Å². The van der Waals surface area contributed by atoms with Gasteiger partial charge in [-0.1, -0.05) is 55.2 Å². The number of rotatable bonds is 5. The lowest BCUT2D eigenvalue weighted by Gasteiger charge is -2.20. The number of carbonyl (C=O) groups excluding carboxylic acids is 1. The molecular weight excluding hydrogens is 673 g/mol. The molecule has 3 aromatic rings. The van der Waals surface area contributed by atoms with Crippen LogP contribution in [0.4, 0.5) is 5.69 Å². The number of phenols is 1. The number of hydrogen-bond acceptors (Lipinski definition) is 3. The molecule has 8 heteroatoms. The summed E-state index contributed by atoms with van der Waals surface area (Å²) in [5, 5.41) is 24.1. The number of benzene rings is 3. The number of hydrogen-bond donors (Lipinski definition) is 2. The Morgan fingerprint density at radius 3 is 2.31 bits per heavy atom. The van der Waals surface area contributed by atoms with Crippen LogP contribution in [0.3, 0.4) is 0 Å². The average molecular weight is 691 g/mol. The van der Waals surface area contributed by atoms with Gasteiger partial charge in [-0.05, 0) is 98.1 Å². The number of phenolic OH excluding ortho intramolecular Hbond substituents is 1. The molecule has 0 aliphatic rings. The van der Waals surface area contributed by atoms with E-state index < -0.39 is 11.8 Å². The van der Waals surface area contributed by atoms with Gasteiger partial charge in [0.1, 0.15) is 5.75 Å². The average Bonchev–Trinajstić information content (AvgIpc) is 2.73. The first-order chi connectivity index (χ1) is 15.1. The van der Waals surface area contributed by atoms with Crippen molar-refractivity contribution in [3.05, 3.63) is 88.0 Å². The molecule has 1 unspecified atom stereocenters. The fourth-order valence-corrected chi connectivity index (χ4v) is 5.57. The standard InChI is InChI=1S/C24H18Cl2I2N2O2/c1-12(2)16-9-17(19(11-29)13-3-5-14(25)6-4-13)20(26)10-22(16)30-24(32)18-7-15(27)8-21(28)23(18)31/h3-10,12,19,31H,1-2H3,(H,30,32). The molecule has 3 rings (SSSR count). The van der Waals surface area contributed by atoms with Crippen molar-refractivity contribution < 1.29 is 9.90 Å². The molecule has 0 saturated carbocycles. The minimum atomic E-state index is -0.580. The largest absolute Gasteiger partial charge is 0.506 e. The van der Waals surface area contributed by atoms with Crippen molar-refractivity contribution >= 4 is 80.0 Å². The number of carbonyl (C=O) groups is 1. The highest BCUT2D eigenvalue weighted by Crippen LogP contribution is 2.37. The zero-order valence-corrected chi connectivity index (χ0v) is 22.9. The number of anilines is 1.